The Kier molecular flexibility index (Phi) is 2.91. The fourth-order valence-corrected chi connectivity index (χ4v) is 2.67. The topological polar surface area (TPSA) is 90.4 Å². The van der Waals surface area contributed by atoms with Gasteiger partial charge in [0.15, 0.2) is 5.75 Å². The van der Waals surface area contributed by atoms with Crippen LogP contribution >= 0.6 is 11.3 Å². The zero-order valence-electron chi connectivity index (χ0n) is 9.08. The lowest BCUT2D eigenvalue weighted by Crippen LogP contribution is -2.26. The van der Waals surface area contributed by atoms with Gasteiger partial charge in [0.25, 0.3) is 5.91 Å². The molecular formula is C10H15N3O2S. The number of hydrogen-bond donors (Lipinski definition) is 3. The van der Waals surface area contributed by atoms with Crippen molar-refractivity contribution in [2.45, 2.75) is 25.3 Å². The number of thiophene rings is 1. The zero-order valence-corrected chi connectivity index (χ0v) is 9.89. The minimum Gasteiger partial charge on any atom is -0.492 e. The summed E-state index contributed by atoms with van der Waals surface area (Å²) in [6, 6.07) is 0.465. The fourth-order valence-electron chi connectivity index (χ4n) is 1.65. The lowest BCUT2D eigenvalue weighted by atomic mass is 9.93. The number of nitrogen functional groups attached to an aromatic ring is 1. The number of nitrogens with one attached hydrogen (secondary N) is 1. The van der Waals surface area contributed by atoms with Crippen LogP contribution in [0.2, 0.25) is 0 Å². The monoisotopic (exact) mass is 241 g/mol. The van der Waals surface area contributed by atoms with Crippen molar-refractivity contribution in [1.29, 1.82) is 0 Å². The van der Waals surface area contributed by atoms with Gasteiger partial charge in [0.05, 0.1) is 7.11 Å². The van der Waals surface area contributed by atoms with Crippen molar-refractivity contribution in [1.82, 2.24) is 0 Å². The number of carbonyl (C=O) groups excluding carboxylic acids is 1. The van der Waals surface area contributed by atoms with Gasteiger partial charge in [0.1, 0.15) is 15.6 Å². The van der Waals surface area contributed by atoms with E-state index in [1.807, 2.05) is 0 Å². The van der Waals surface area contributed by atoms with Gasteiger partial charge in [-0.05, 0) is 19.3 Å². The first-order chi connectivity index (χ1) is 7.63. The van der Waals surface area contributed by atoms with Crippen molar-refractivity contribution in [3.05, 3.63) is 4.88 Å². The molecule has 2 rings (SSSR count). The first-order valence-corrected chi connectivity index (χ1v) is 5.97. The summed E-state index contributed by atoms with van der Waals surface area (Å²) in [5.74, 6) is 0.0214. The molecule has 5 nitrogen and oxygen atoms in total. The summed E-state index contributed by atoms with van der Waals surface area (Å²) in [6.07, 6.45) is 3.53. The van der Waals surface area contributed by atoms with Crippen LogP contribution < -0.4 is 21.5 Å². The Hall–Kier alpha value is -1.43. The molecule has 1 saturated carbocycles. The van der Waals surface area contributed by atoms with Gasteiger partial charge in [0, 0.05) is 6.04 Å². The summed E-state index contributed by atoms with van der Waals surface area (Å²) in [4.78, 5) is 11.5. The molecule has 0 unspecified atom stereocenters. The highest BCUT2D eigenvalue weighted by atomic mass is 32.1. The molecular weight excluding hydrogens is 226 g/mol. The van der Waals surface area contributed by atoms with Gasteiger partial charge in [-0.15, -0.1) is 11.3 Å². The van der Waals surface area contributed by atoms with E-state index in [1.54, 1.807) is 0 Å². The Bertz CT molecular complexity index is 412. The molecule has 0 aliphatic heterocycles. The lowest BCUT2D eigenvalue weighted by Gasteiger charge is -2.26. The molecule has 0 spiro atoms. The first kappa shape index (κ1) is 11.1. The smallest absolute Gasteiger partial charge is 0.261 e. The molecule has 1 aliphatic carbocycles. The predicted molar refractivity (Wildman–Crippen MR) is 65.1 cm³/mol. The molecule has 0 saturated heterocycles. The highest BCUT2D eigenvalue weighted by Crippen LogP contribution is 2.43. The number of methoxy groups -OCH3 is 1. The number of hydrogen-bond acceptors (Lipinski definition) is 5. The van der Waals surface area contributed by atoms with E-state index in [1.165, 1.54) is 24.9 Å². The fraction of sp³-hybridized carbons (Fsp3) is 0.500. The minimum atomic E-state index is -0.512. The van der Waals surface area contributed by atoms with Crippen LogP contribution in [0.4, 0.5) is 10.7 Å². The van der Waals surface area contributed by atoms with E-state index in [0.29, 0.717) is 22.4 Å². The van der Waals surface area contributed by atoms with E-state index < -0.39 is 5.91 Å². The molecule has 88 valence electrons. The van der Waals surface area contributed by atoms with Gasteiger partial charge in [-0.2, -0.15) is 0 Å². The summed E-state index contributed by atoms with van der Waals surface area (Å²) >= 11 is 1.26. The van der Waals surface area contributed by atoms with Gasteiger partial charge in [-0.3, -0.25) is 4.79 Å². The average molecular weight is 241 g/mol. The molecule has 1 aliphatic rings. The van der Waals surface area contributed by atoms with Crippen LogP contribution in [0.15, 0.2) is 0 Å². The number of primary amides is 1. The van der Waals surface area contributed by atoms with Gasteiger partial charge < -0.3 is 21.5 Å². The summed E-state index contributed by atoms with van der Waals surface area (Å²) < 4.78 is 5.19. The van der Waals surface area contributed by atoms with E-state index in [2.05, 4.69) is 5.32 Å². The van der Waals surface area contributed by atoms with E-state index in [9.17, 15) is 4.79 Å². The minimum absolute atomic E-state index is 0.335. The molecule has 1 aromatic rings. The molecule has 1 amide bonds. The number of ether oxygens (including phenoxy) is 1. The maximum atomic E-state index is 11.1. The number of nitrogens with two attached hydrogens (primary N) is 2. The lowest BCUT2D eigenvalue weighted by molar-refractivity contribution is 0.100. The second kappa shape index (κ2) is 4.21. The van der Waals surface area contributed by atoms with E-state index in [-0.39, 0.29) is 0 Å². The van der Waals surface area contributed by atoms with Crippen molar-refractivity contribution in [3.63, 3.8) is 0 Å². The van der Waals surface area contributed by atoms with Crippen LogP contribution in [0.5, 0.6) is 5.75 Å². The highest BCUT2D eigenvalue weighted by Gasteiger charge is 2.24. The number of amides is 1. The molecule has 0 bridgehead atoms. The molecule has 5 N–H and O–H groups in total. The maximum absolute atomic E-state index is 11.1. The normalized spacial score (nSPS) is 15.6. The largest absolute Gasteiger partial charge is 0.492 e. The van der Waals surface area contributed by atoms with Crippen LogP contribution in [0.1, 0.15) is 28.9 Å². The first-order valence-electron chi connectivity index (χ1n) is 5.16. The summed E-state index contributed by atoms with van der Waals surface area (Å²) in [5.41, 5.74) is 11.4. The molecule has 1 aromatic heterocycles. The Morgan fingerprint density at radius 1 is 1.56 bits per heavy atom. The van der Waals surface area contributed by atoms with Crippen molar-refractivity contribution in [2.75, 3.05) is 18.2 Å². The van der Waals surface area contributed by atoms with E-state index in [0.717, 1.165) is 17.8 Å². The average Bonchev–Trinajstić information content (AvgIpc) is 2.48. The molecule has 1 heterocycles. The summed E-state index contributed by atoms with van der Waals surface area (Å²) in [6.45, 7) is 0. The summed E-state index contributed by atoms with van der Waals surface area (Å²) in [7, 11) is 1.54. The second-order valence-electron chi connectivity index (χ2n) is 3.84. The van der Waals surface area contributed by atoms with Crippen LogP contribution in [0.3, 0.4) is 0 Å². The molecule has 1 fully saturated rings. The van der Waals surface area contributed by atoms with Crippen molar-refractivity contribution >= 4 is 27.9 Å². The third-order valence-electron chi connectivity index (χ3n) is 2.77. The Morgan fingerprint density at radius 2 is 2.25 bits per heavy atom. The predicted octanol–water partition coefficient (Wildman–Crippen LogP) is 1.40. The van der Waals surface area contributed by atoms with Crippen LogP contribution in [0, 0.1) is 0 Å². The molecule has 0 aromatic carbocycles. The Labute approximate surface area is 97.8 Å². The van der Waals surface area contributed by atoms with Crippen molar-refractivity contribution < 1.29 is 9.53 Å². The summed E-state index contributed by atoms with van der Waals surface area (Å²) in [5, 5.41) is 4.12. The molecule has 0 atom stereocenters. The van der Waals surface area contributed by atoms with Gasteiger partial charge >= 0.3 is 0 Å². The second-order valence-corrected chi connectivity index (χ2v) is 4.86. The highest BCUT2D eigenvalue weighted by molar-refractivity contribution is 7.19. The number of rotatable bonds is 4. The third-order valence-corrected chi connectivity index (χ3v) is 3.90. The number of anilines is 2. The molecule has 6 heteroatoms. The third kappa shape index (κ3) is 1.80. The van der Waals surface area contributed by atoms with Gasteiger partial charge in [-0.1, -0.05) is 0 Å². The van der Waals surface area contributed by atoms with Crippen molar-refractivity contribution in [2.24, 2.45) is 5.73 Å². The molecule has 0 radical (unpaired) electrons. The van der Waals surface area contributed by atoms with E-state index >= 15 is 0 Å². The Morgan fingerprint density at radius 3 is 2.69 bits per heavy atom. The molecule has 16 heavy (non-hydrogen) atoms. The Balaban J connectivity index is 2.27. The van der Waals surface area contributed by atoms with Crippen molar-refractivity contribution in [3.8, 4) is 5.75 Å². The quantitative estimate of drug-likeness (QED) is 0.743. The zero-order chi connectivity index (χ0) is 11.7. The SMILES string of the molecule is COc1c(NC2CCC2)sc(C(N)=O)c1N. The van der Waals surface area contributed by atoms with Gasteiger partial charge in [0.2, 0.25) is 0 Å². The maximum Gasteiger partial charge on any atom is 0.261 e. The van der Waals surface area contributed by atoms with Crippen LogP contribution in [-0.4, -0.2) is 19.1 Å². The standard InChI is InChI=1S/C10H15N3O2S/c1-15-7-6(11)8(9(12)14)16-10(7)13-5-3-2-4-5/h5,13H,2-4,11H2,1H3,(H2,12,14). The van der Waals surface area contributed by atoms with Crippen LogP contribution in [-0.2, 0) is 0 Å². The number of carbonyl (C=O) groups is 1. The van der Waals surface area contributed by atoms with Crippen LogP contribution in [0.25, 0.3) is 0 Å². The van der Waals surface area contributed by atoms with Gasteiger partial charge in [-0.25, -0.2) is 0 Å². The van der Waals surface area contributed by atoms with E-state index in [4.69, 9.17) is 16.2 Å².